The van der Waals surface area contributed by atoms with Gasteiger partial charge in [0.15, 0.2) is 0 Å². The average Bonchev–Trinajstić information content (AvgIpc) is 2.68. The molecule has 3 rings (SSSR count). The second-order valence-electron chi connectivity index (χ2n) is 6.33. The van der Waals surface area contributed by atoms with Gasteiger partial charge >= 0.3 is 5.97 Å². The number of hydrogen-bond donors (Lipinski definition) is 1. The largest absolute Gasteiger partial charge is 0.465 e. The summed E-state index contributed by atoms with van der Waals surface area (Å²) < 4.78 is 4.76. The van der Waals surface area contributed by atoms with Crippen LogP contribution in [0.15, 0.2) is 48.5 Å². The first-order valence-electron chi connectivity index (χ1n) is 8.77. The van der Waals surface area contributed by atoms with E-state index in [0.29, 0.717) is 11.3 Å². The van der Waals surface area contributed by atoms with Crippen LogP contribution >= 0.6 is 11.6 Å². The fourth-order valence-corrected chi connectivity index (χ4v) is 3.29. The van der Waals surface area contributed by atoms with E-state index in [9.17, 15) is 9.59 Å². The van der Waals surface area contributed by atoms with Crippen molar-refractivity contribution in [1.82, 2.24) is 4.90 Å². The molecule has 0 aromatic heterocycles. The quantitative estimate of drug-likeness (QED) is 0.799. The molecule has 1 fully saturated rings. The second-order valence-corrected chi connectivity index (χ2v) is 6.76. The van der Waals surface area contributed by atoms with Crippen molar-refractivity contribution in [3.05, 3.63) is 59.1 Å². The molecule has 0 bridgehead atoms. The van der Waals surface area contributed by atoms with E-state index < -0.39 is 5.97 Å². The molecule has 2 aromatic rings. The van der Waals surface area contributed by atoms with Gasteiger partial charge in [-0.3, -0.25) is 9.69 Å². The van der Waals surface area contributed by atoms with Gasteiger partial charge in [-0.2, -0.15) is 0 Å². The molecule has 1 aliphatic heterocycles. The van der Waals surface area contributed by atoms with Crippen molar-refractivity contribution in [3.8, 4) is 0 Å². The summed E-state index contributed by atoms with van der Waals surface area (Å²) in [5.41, 5.74) is 1.91. The third-order valence-electron chi connectivity index (χ3n) is 4.52. The number of benzene rings is 2. The maximum atomic E-state index is 12.4. The predicted octanol–water partition coefficient (Wildman–Crippen LogP) is 2.89. The number of para-hydroxylation sites is 1. The number of amides is 1. The molecular weight excluding hydrogens is 366 g/mol. The Kier molecular flexibility index (Phi) is 6.32. The zero-order chi connectivity index (χ0) is 19.2. The standard InChI is InChI=1S/C20H22ClN3O3/c1-27-20(26)17-7-2-3-8-18(17)22-19(25)14-23-9-11-24(12-10-23)16-6-4-5-15(21)13-16/h2-8,13H,9-12,14H2,1H3,(H,22,25). The Bertz CT molecular complexity index is 820. The maximum Gasteiger partial charge on any atom is 0.339 e. The molecule has 1 heterocycles. The molecular formula is C20H22ClN3O3. The highest BCUT2D eigenvalue weighted by Gasteiger charge is 2.20. The number of nitrogens with zero attached hydrogens (tertiary/aromatic N) is 2. The lowest BCUT2D eigenvalue weighted by Gasteiger charge is -2.35. The third-order valence-corrected chi connectivity index (χ3v) is 4.75. The molecule has 0 unspecified atom stereocenters. The van der Waals surface area contributed by atoms with E-state index >= 15 is 0 Å². The number of carbonyl (C=O) groups is 2. The molecule has 1 amide bonds. The van der Waals surface area contributed by atoms with Gasteiger partial charge in [-0.1, -0.05) is 29.8 Å². The van der Waals surface area contributed by atoms with Crippen molar-refractivity contribution < 1.29 is 14.3 Å². The first-order valence-corrected chi connectivity index (χ1v) is 9.14. The zero-order valence-electron chi connectivity index (χ0n) is 15.2. The Balaban J connectivity index is 1.54. The van der Waals surface area contributed by atoms with Gasteiger partial charge in [0.2, 0.25) is 5.91 Å². The molecule has 6 nitrogen and oxygen atoms in total. The predicted molar refractivity (Wildman–Crippen MR) is 107 cm³/mol. The molecule has 2 aromatic carbocycles. The van der Waals surface area contributed by atoms with Crippen LogP contribution in [0.5, 0.6) is 0 Å². The van der Waals surface area contributed by atoms with Crippen molar-refractivity contribution in [2.24, 2.45) is 0 Å². The Morgan fingerprint density at radius 2 is 1.81 bits per heavy atom. The Labute approximate surface area is 163 Å². The molecule has 0 spiro atoms. The van der Waals surface area contributed by atoms with Crippen LogP contribution in [0.2, 0.25) is 5.02 Å². The number of anilines is 2. The van der Waals surface area contributed by atoms with E-state index in [1.807, 2.05) is 24.3 Å². The number of piperazine rings is 1. The van der Waals surface area contributed by atoms with E-state index in [0.717, 1.165) is 36.9 Å². The fraction of sp³-hybridized carbons (Fsp3) is 0.300. The lowest BCUT2D eigenvalue weighted by Crippen LogP contribution is -2.48. The van der Waals surface area contributed by atoms with Crippen LogP contribution in [0.3, 0.4) is 0 Å². The summed E-state index contributed by atoms with van der Waals surface area (Å²) in [6, 6.07) is 14.6. The van der Waals surface area contributed by atoms with E-state index in [4.69, 9.17) is 16.3 Å². The molecule has 0 saturated carbocycles. The number of halogens is 1. The maximum absolute atomic E-state index is 12.4. The Morgan fingerprint density at radius 3 is 2.52 bits per heavy atom. The van der Waals surface area contributed by atoms with Gasteiger partial charge in [-0.15, -0.1) is 0 Å². The molecule has 1 N–H and O–H groups in total. The van der Waals surface area contributed by atoms with Crippen molar-refractivity contribution in [3.63, 3.8) is 0 Å². The van der Waals surface area contributed by atoms with Gasteiger partial charge in [0, 0.05) is 36.9 Å². The van der Waals surface area contributed by atoms with Crippen molar-refractivity contribution in [1.29, 1.82) is 0 Å². The highest BCUT2D eigenvalue weighted by atomic mass is 35.5. The van der Waals surface area contributed by atoms with Gasteiger partial charge in [0.05, 0.1) is 24.9 Å². The van der Waals surface area contributed by atoms with Crippen LogP contribution in [0.1, 0.15) is 10.4 Å². The molecule has 1 aliphatic rings. The SMILES string of the molecule is COC(=O)c1ccccc1NC(=O)CN1CCN(c2cccc(Cl)c2)CC1. The van der Waals surface area contributed by atoms with Crippen LogP contribution in [0.25, 0.3) is 0 Å². The van der Waals surface area contributed by atoms with Crippen LogP contribution in [-0.4, -0.2) is 56.6 Å². The molecule has 7 heteroatoms. The molecule has 0 atom stereocenters. The number of carbonyl (C=O) groups excluding carboxylic acids is 2. The number of nitrogens with one attached hydrogen (secondary N) is 1. The first kappa shape index (κ1) is 19.2. The second kappa shape index (κ2) is 8.88. The normalized spacial score (nSPS) is 14.7. The summed E-state index contributed by atoms with van der Waals surface area (Å²) in [6.45, 7) is 3.48. The number of methoxy groups -OCH3 is 1. The summed E-state index contributed by atoms with van der Waals surface area (Å²) >= 11 is 6.06. The van der Waals surface area contributed by atoms with Crippen LogP contribution < -0.4 is 10.2 Å². The minimum atomic E-state index is -0.471. The van der Waals surface area contributed by atoms with E-state index in [-0.39, 0.29) is 12.5 Å². The molecule has 142 valence electrons. The van der Waals surface area contributed by atoms with Crippen molar-refractivity contribution in [2.75, 3.05) is 50.1 Å². The minimum Gasteiger partial charge on any atom is -0.465 e. The Hall–Kier alpha value is -2.57. The molecule has 0 aliphatic carbocycles. The van der Waals surface area contributed by atoms with Gasteiger partial charge < -0.3 is 15.0 Å². The van der Waals surface area contributed by atoms with Gasteiger partial charge in [0.25, 0.3) is 0 Å². The first-order chi connectivity index (χ1) is 13.1. The van der Waals surface area contributed by atoms with Gasteiger partial charge in [-0.05, 0) is 30.3 Å². The van der Waals surface area contributed by atoms with Crippen molar-refractivity contribution in [2.45, 2.75) is 0 Å². The Morgan fingerprint density at radius 1 is 1.07 bits per heavy atom. The highest BCUT2D eigenvalue weighted by molar-refractivity contribution is 6.30. The number of rotatable bonds is 5. The topological polar surface area (TPSA) is 61.9 Å². The van der Waals surface area contributed by atoms with Crippen LogP contribution in [-0.2, 0) is 9.53 Å². The monoisotopic (exact) mass is 387 g/mol. The summed E-state index contributed by atoms with van der Waals surface area (Å²) in [5.74, 6) is -0.622. The van der Waals surface area contributed by atoms with Crippen molar-refractivity contribution >= 4 is 34.9 Å². The molecule has 1 saturated heterocycles. The summed E-state index contributed by atoms with van der Waals surface area (Å²) in [6.07, 6.45) is 0. The fourth-order valence-electron chi connectivity index (χ4n) is 3.11. The van der Waals surface area contributed by atoms with Crippen LogP contribution in [0.4, 0.5) is 11.4 Å². The minimum absolute atomic E-state index is 0.150. The zero-order valence-corrected chi connectivity index (χ0v) is 15.9. The van der Waals surface area contributed by atoms with E-state index in [1.54, 1.807) is 24.3 Å². The number of ether oxygens (including phenoxy) is 1. The van der Waals surface area contributed by atoms with Gasteiger partial charge in [0.1, 0.15) is 0 Å². The number of hydrogen-bond acceptors (Lipinski definition) is 5. The lowest BCUT2D eigenvalue weighted by molar-refractivity contribution is -0.117. The summed E-state index contributed by atoms with van der Waals surface area (Å²) in [7, 11) is 1.32. The summed E-state index contributed by atoms with van der Waals surface area (Å²) in [5, 5.41) is 3.53. The smallest absolute Gasteiger partial charge is 0.339 e. The summed E-state index contributed by atoms with van der Waals surface area (Å²) in [4.78, 5) is 28.6. The average molecular weight is 388 g/mol. The third kappa shape index (κ3) is 4.99. The van der Waals surface area contributed by atoms with Gasteiger partial charge in [-0.25, -0.2) is 4.79 Å². The lowest BCUT2D eigenvalue weighted by atomic mass is 10.2. The van der Waals surface area contributed by atoms with Crippen LogP contribution in [0, 0.1) is 0 Å². The number of esters is 1. The highest BCUT2D eigenvalue weighted by Crippen LogP contribution is 2.21. The van der Waals surface area contributed by atoms with E-state index in [1.165, 1.54) is 7.11 Å². The molecule has 0 radical (unpaired) electrons. The van der Waals surface area contributed by atoms with E-state index in [2.05, 4.69) is 15.1 Å². The molecule has 27 heavy (non-hydrogen) atoms.